The molecule has 0 bridgehead atoms. The van der Waals surface area contributed by atoms with Crippen LogP contribution in [0.4, 0.5) is 14.4 Å². The van der Waals surface area contributed by atoms with Gasteiger partial charge in [-0.1, -0.05) is 0 Å². The van der Waals surface area contributed by atoms with Crippen molar-refractivity contribution in [1.82, 2.24) is 16.0 Å². The molecule has 2 fully saturated rings. The van der Waals surface area contributed by atoms with E-state index in [9.17, 15) is 39.9 Å². The molecule has 3 amide bonds. The molecule has 10 atom stereocenters. The van der Waals surface area contributed by atoms with Crippen molar-refractivity contribution >= 4 is 18.3 Å². The molecule has 16 nitrogen and oxygen atoms in total. The molecule has 16 heteroatoms. The normalized spacial score (nSPS) is 33.6. The van der Waals surface area contributed by atoms with Crippen LogP contribution >= 0.6 is 0 Å². The van der Waals surface area contributed by atoms with E-state index in [1.807, 2.05) is 0 Å². The van der Waals surface area contributed by atoms with E-state index < -0.39 is 103 Å². The van der Waals surface area contributed by atoms with Crippen LogP contribution in [-0.2, 0) is 23.7 Å². The first-order chi connectivity index (χ1) is 19.5. The first kappa shape index (κ1) is 36.7. The molecule has 0 aromatic rings. The highest BCUT2D eigenvalue weighted by Gasteiger charge is 2.52. The Hall–Kier alpha value is -2.47. The summed E-state index contributed by atoms with van der Waals surface area (Å²) < 4.78 is 27.5. The number of amides is 3. The lowest BCUT2D eigenvalue weighted by molar-refractivity contribution is -0.298. The number of alkyl carbamates (subject to hydrolysis) is 3. The van der Waals surface area contributed by atoms with Crippen LogP contribution in [0.15, 0.2) is 0 Å². The lowest BCUT2D eigenvalue weighted by Crippen LogP contribution is -2.69. The first-order valence-electron chi connectivity index (χ1n) is 14.1. The minimum Gasteiger partial charge on any atom is -0.444 e. The second-order valence-corrected chi connectivity index (χ2v) is 13.7. The summed E-state index contributed by atoms with van der Waals surface area (Å²) in [6.45, 7) is 13.9. The minimum absolute atomic E-state index is 0.188. The van der Waals surface area contributed by atoms with Crippen molar-refractivity contribution in [2.24, 2.45) is 0 Å². The van der Waals surface area contributed by atoms with Crippen molar-refractivity contribution in [1.29, 1.82) is 0 Å². The number of nitrogens with one attached hydrogen (secondary N) is 3. The molecule has 0 spiro atoms. The van der Waals surface area contributed by atoms with Crippen molar-refractivity contribution < 1.29 is 63.6 Å². The Morgan fingerprint density at radius 1 is 0.674 bits per heavy atom. The Kier molecular flexibility index (Phi) is 12.0. The van der Waals surface area contributed by atoms with Crippen molar-refractivity contribution in [3.63, 3.8) is 0 Å². The van der Waals surface area contributed by atoms with Gasteiger partial charge < -0.3 is 65.2 Å². The summed E-state index contributed by atoms with van der Waals surface area (Å²) in [5.74, 6) is 0. The summed E-state index contributed by atoms with van der Waals surface area (Å²) in [6.07, 6.45) is -14.2. The van der Waals surface area contributed by atoms with Crippen LogP contribution in [0.5, 0.6) is 0 Å². The molecule has 0 unspecified atom stereocenters. The Bertz CT molecular complexity index is 961. The number of carbonyl (C=O) groups excluding carboxylic acids is 3. The number of aliphatic hydroxyl groups is 5. The van der Waals surface area contributed by atoms with Crippen molar-refractivity contribution in [3.8, 4) is 0 Å². The molecule has 2 rings (SSSR count). The van der Waals surface area contributed by atoms with E-state index in [4.69, 9.17) is 23.7 Å². The summed E-state index contributed by atoms with van der Waals surface area (Å²) in [4.78, 5) is 37.8. The van der Waals surface area contributed by atoms with Gasteiger partial charge in [-0.2, -0.15) is 0 Å². The summed E-state index contributed by atoms with van der Waals surface area (Å²) >= 11 is 0. The van der Waals surface area contributed by atoms with E-state index >= 15 is 0 Å². The van der Waals surface area contributed by atoms with Gasteiger partial charge in [-0.25, -0.2) is 14.4 Å². The van der Waals surface area contributed by atoms with Gasteiger partial charge in [0.05, 0.1) is 18.7 Å². The van der Waals surface area contributed by atoms with Gasteiger partial charge in [-0.05, 0) is 68.7 Å². The third-order valence-corrected chi connectivity index (χ3v) is 6.26. The molecule has 250 valence electrons. The molecule has 1 aliphatic heterocycles. The Morgan fingerprint density at radius 2 is 1.12 bits per heavy atom. The van der Waals surface area contributed by atoms with Crippen LogP contribution in [-0.4, -0.2) is 128 Å². The number of rotatable bonds is 6. The topological polar surface area (TPSA) is 235 Å². The summed E-state index contributed by atoms with van der Waals surface area (Å²) in [5, 5.41) is 60.6. The van der Waals surface area contributed by atoms with E-state index in [0.29, 0.717) is 0 Å². The zero-order chi connectivity index (χ0) is 33.1. The van der Waals surface area contributed by atoms with Crippen LogP contribution in [0.2, 0.25) is 0 Å². The molecule has 1 aliphatic carbocycles. The zero-order valence-corrected chi connectivity index (χ0v) is 26.2. The fraction of sp³-hybridized carbons (Fsp3) is 0.889. The number of aliphatic hydroxyl groups excluding tert-OH is 5. The molecule has 1 saturated carbocycles. The van der Waals surface area contributed by atoms with Crippen molar-refractivity contribution in [3.05, 3.63) is 0 Å². The summed E-state index contributed by atoms with van der Waals surface area (Å²) in [5.41, 5.74) is -2.68. The van der Waals surface area contributed by atoms with Crippen LogP contribution in [0, 0.1) is 0 Å². The highest BCUT2D eigenvalue weighted by molar-refractivity contribution is 5.69. The SMILES string of the molecule is CC(C)(C)OC(=O)N[C@H]1[C@@H](O[C@H]2[C@H](O)[C@@H](O)[C@H](NC(=O)OC(C)(C)C)C[C@@H]2NC(=O)OC(C)(C)C)O[C@H](CO)[C@@H](O)[C@@H]1O. The number of hydrogen-bond acceptors (Lipinski definition) is 13. The second-order valence-electron chi connectivity index (χ2n) is 13.7. The maximum atomic E-state index is 12.7. The number of ether oxygens (including phenoxy) is 5. The Morgan fingerprint density at radius 3 is 1.56 bits per heavy atom. The lowest BCUT2D eigenvalue weighted by Gasteiger charge is -2.47. The van der Waals surface area contributed by atoms with Crippen molar-refractivity contribution in [2.45, 2.75) is 147 Å². The van der Waals surface area contributed by atoms with Crippen LogP contribution in [0.25, 0.3) is 0 Å². The van der Waals surface area contributed by atoms with Gasteiger partial charge in [0, 0.05) is 0 Å². The summed E-state index contributed by atoms with van der Waals surface area (Å²) in [6, 6.07) is -3.75. The standard InChI is InChI=1S/C27H49N3O13/c1-25(2,3)41-22(36)28-12-10-13(29-23(37)42-26(4,5)6)20(19(35)16(12)32)40-21-15(30-24(38)43-27(7,8)9)18(34)17(33)14(11-31)39-21/h12-21,31-35H,10-11H2,1-9H3,(H,28,36)(H,29,37)(H,30,38)/t12-,13+,14-,15-,16+,17-,18-,19-,20-,21-/m1/s1. The number of carbonyl (C=O) groups is 3. The van der Waals surface area contributed by atoms with Crippen LogP contribution in [0.1, 0.15) is 68.7 Å². The fourth-order valence-electron chi connectivity index (χ4n) is 4.55. The maximum absolute atomic E-state index is 12.7. The van der Waals surface area contributed by atoms with Gasteiger partial charge in [-0.15, -0.1) is 0 Å². The summed E-state index contributed by atoms with van der Waals surface area (Å²) in [7, 11) is 0. The third kappa shape index (κ3) is 11.2. The monoisotopic (exact) mass is 623 g/mol. The number of hydrogen-bond donors (Lipinski definition) is 8. The molecule has 2 aliphatic rings. The third-order valence-electron chi connectivity index (χ3n) is 6.26. The minimum atomic E-state index is -1.78. The Labute approximate surface area is 251 Å². The van der Waals surface area contributed by atoms with E-state index in [1.165, 1.54) is 0 Å². The Balaban J connectivity index is 2.39. The fourth-order valence-corrected chi connectivity index (χ4v) is 4.55. The van der Waals surface area contributed by atoms with E-state index in [-0.39, 0.29) is 6.42 Å². The van der Waals surface area contributed by atoms with E-state index in [0.717, 1.165) is 0 Å². The maximum Gasteiger partial charge on any atom is 0.408 e. The van der Waals surface area contributed by atoms with Gasteiger partial charge in [0.1, 0.15) is 59.5 Å². The smallest absolute Gasteiger partial charge is 0.408 e. The molecule has 0 radical (unpaired) electrons. The predicted molar refractivity (Wildman–Crippen MR) is 149 cm³/mol. The van der Waals surface area contributed by atoms with Crippen molar-refractivity contribution in [2.75, 3.05) is 6.61 Å². The quantitative estimate of drug-likeness (QED) is 0.176. The average Bonchev–Trinajstić information content (AvgIpc) is 2.80. The molecule has 0 aromatic heterocycles. The molecule has 1 saturated heterocycles. The highest BCUT2D eigenvalue weighted by atomic mass is 16.7. The second kappa shape index (κ2) is 14.1. The van der Waals surface area contributed by atoms with Gasteiger partial charge in [0.25, 0.3) is 0 Å². The molecule has 1 heterocycles. The van der Waals surface area contributed by atoms with E-state index in [2.05, 4.69) is 16.0 Å². The molecule has 0 aromatic carbocycles. The first-order valence-corrected chi connectivity index (χ1v) is 14.1. The van der Waals surface area contributed by atoms with Gasteiger partial charge >= 0.3 is 18.3 Å². The average molecular weight is 624 g/mol. The predicted octanol–water partition coefficient (Wildman–Crippen LogP) is -0.384. The van der Waals surface area contributed by atoms with Gasteiger partial charge in [-0.3, -0.25) is 0 Å². The molecular weight excluding hydrogens is 574 g/mol. The molecular formula is C27H49N3O13. The van der Waals surface area contributed by atoms with Crippen LogP contribution < -0.4 is 16.0 Å². The lowest BCUT2D eigenvalue weighted by atomic mass is 9.83. The molecule has 8 N–H and O–H groups in total. The largest absolute Gasteiger partial charge is 0.444 e. The van der Waals surface area contributed by atoms with E-state index in [1.54, 1.807) is 62.3 Å². The van der Waals surface area contributed by atoms with Gasteiger partial charge in [0.2, 0.25) is 0 Å². The highest BCUT2D eigenvalue weighted by Crippen LogP contribution is 2.30. The van der Waals surface area contributed by atoms with Gasteiger partial charge in [0.15, 0.2) is 6.29 Å². The molecule has 43 heavy (non-hydrogen) atoms. The van der Waals surface area contributed by atoms with Crippen LogP contribution in [0.3, 0.4) is 0 Å². The zero-order valence-electron chi connectivity index (χ0n) is 26.2.